The zero-order chi connectivity index (χ0) is 13.5. The number of fused-ring (bicyclic) bond motifs is 1. The van der Waals surface area contributed by atoms with Crippen molar-refractivity contribution in [2.45, 2.75) is 11.3 Å². The van der Waals surface area contributed by atoms with Crippen molar-refractivity contribution in [2.24, 2.45) is 5.10 Å². The number of nitrogens with one attached hydrogen (secondary N) is 1. The third kappa shape index (κ3) is 2.50. The first-order chi connectivity index (χ1) is 9.05. The summed E-state index contributed by atoms with van der Waals surface area (Å²) in [5.74, 6) is 0.229. The molecule has 8 heteroatoms. The Morgan fingerprint density at radius 2 is 2.16 bits per heavy atom. The molecule has 3 rings (SSSR count). The SMILES string of the molecule is N=C1SC2CS(=O)(=O)CC2N1N=Cc1ccncc1. The maximum Gasteiger partial charge on any atom is 0.177 e. The van der Waals surface area contributed by atoms with Crippen molar-refractivity contribution in [3.8, 4) is 0 Å². The smallest absolute Gasteiger partial charge is 0.177 e. The van der Waals surface area contributed by atoms with Crippen LogP contribution < -0.4 is 0 Å². The minimum atomic E-state index is -2.99. The van der Waals surface area contributed by atoms with Crippen LogP contribution >= 0.6 is 11.8 Å². The standard InChI is InChI=1S/C11H12N4O2S2/c12-11-15(14-5-8-1-3-13-4-2-8)9-6-19(16,17)7-10(9)18-11/h1-5,9-10,12H,6-7H2. The summed E-state index contributed by atoms with van der Waals surface area (Å²) in [6.45, 7) is 0. The van der Waals surface area contributed by atoms with E-state index in [1.807, 2.05) is 0 Å². The van der Waals surface area contributed by atoms with Gasteiger partial charge < -0.3 is 0 Å². The second-order valence-corrected chi connectivity index (χ2v) is 7.86. The lowest BCUT2D eigenvalue weighted by molar-refractivity contribution is 0.376. The van der Waals surface area contributed by atoms with E-state index in [0.29, 0.717) is 5.17 Å². The van der Waals surface area contributed by atoms with Crippen LogP contribution in [0.1, 0.15) is 5.56 Å². The summed E-state index contributed by atoms with van der Waals surface area (Å²) in [6, 6.07) is 3.40. The molecule has 1 N–H and O–H groups in total. The highest BCUT2D eigenvalue weighted by atomic mass is 32.2. The second kappa shape index (κ2) is 4.61. The van der Waals surface area contributed by atoms with E-state index in [-0.39, 0.29) is 22.8 Å². The average molecular weight is 296 g/mol. The number of amidine groups is 1. The van der Waals surface area contributed by atoms with E-state index >= 15 is 0 Å². The Morgan fingerprint density at radius 1 is 1.42 bits per heavy atom. The zero-order valence-corrected chi connectivity index (χ0v) is 11.6. The van der Waals surface area contributed by atoms with Gasteiger partial charge in [-0.25, -0.2) is 13.4 Å². The molecule has 0 spiro atoms. The van der Waals surface area contributed by atoms with Gasteiger partial charge in [0.15, 0.2) is 15.0 Å². The van der Waals surface area contributed by atoms with Crippen LogP contribution in [0.15, 0.2) is 29.6 Å². The van der Waals surface area contributed by atoms with Crippen LogP contribution in [0.4, 0.5) is 0 Å². The van der Waals surface area contributed by atoms with Gasteiger partial charge in [0.2, 0.25) is 0 Å². The Kier molecular flexibility index (Phi) is 3.06. The largest absolute Gasteiger partial charge is 0.277 e. The van der Waals surface area contributed by atoms with Crippen molar-refractivity contribution in [2.75, 3.05) is 11.5 Å². The number of aromatic nitrogens is 1. The molecule has 2 saturated heterocycles. The molecule has 0 saturated carbocycles. The van der Waals surface area contributed by atoms with E-state index in [2.05, 4.69) is 10.1 Å². The van der Waals surface area contributed by atoms with Gasteiger partial charge in [0.05, 0.1) is 23.8 Å². The predicted octanol–water partition coefficient (Wildman–Crippen LogP) is 0.565. The molecule has 3 heterocycles. The van der Waals surface area contributed by atoms with E-state index < -0.39 is 9.84 Å². The first-order valence-electron chi connectivity index (χ1n) is 5.74. The fourth-order valence-electron chi connectivity index (χ4n) is 2.20. The highest BCUT2D eigenvalue weighted by Gasteiger charge is 2.48. The van der Waals surface area contributed by atoms with Gasteiger partial charge in [0, 0.05) is 17.6 Å². The molecule has 6 nitrogen and oxygen atoms in total. The van der Waals surface area contributed by atoms with Crippen molar-refractivity contribution in [3.63, 3.8) is 0 Å². The third-order valence-electron chi connectivity index (χ3n) is 3.09. The Balaban J connectivity index is 1.81. The average Bonchev–Trinajstić information content (AvgIpc) is 2.79. The molecule has 2 aliphatic rings. The van der Waals surface area contributed by atoms with Gasteiger partial charge in [-0.1, -0.05) is 11.8 Å². The molecule has 0 amide bonds. The lowest BCUT2D eigenvalue weighted by Crippen LogP contribution is -2.32. The minimum absolute atomic E-state index is 0.0629. The summed E-state index contributed by atoms with van der Waals surface area (Å²) >= 11 is 1.29. The Morgan fingerprint density at radius 3 is 2.89 bits per heavy atom. The molecule has 2 unspecified atom stereocenters. The van der Waals surface area contributed by atoms with Gasteiger partial charge in [-0.3, -0.25) is 10.4 Å². The molecule has 0 bridgehead atoms. The lowest BCUT2D eigenvalue weighted by Gasteiger charge is -2.17. The van der Waals surface area contributed by atoms with E-state index in [0.717, 1.165) is 5.56 Å². The summed E-state index contributed by atoms with van der Waals surface area (Å²) in [7, 11) is -2.99. The molecule has 1 aromatic rings. The van der Waals surface area contributed by atoms with E-state index in [1.165, 1.54) is 16.8 Å². The molecule has 0 aliphatic carbocycles. The quantitative estimate of drug-likeness (QED) is 0.806. The zero-order valence-electron chi connectivity index (χ0n) is 9.93. The number of hydrazone groups is 1. The highest BCUT2D eigenvalue weighted by Crippen LogP contribution is 2.37. The van der Waals surface area contributed by atoms with E-state index in [4.69, 9.17) is 5.41 Å². The van der Waals surface area contributed by atoms with Gasteiger partial charge in [0.1, 0.15) is 0 Å². The van der Waals surface area contributed by atoms with E-state index in [1.54, 1.807) is 30.7 Å². The fraction of sp³-hybridized carbons (Fsp3) is 0.364. The second-order valence-electron chi connectivity index (χ2n) is 4.48. The topological polar surface area (TPSA) is 86.5 Å². The summed E-state index contributed by atoms with van der Waals surface area (Å²) < 4.78 is 23.2. The molecule has 0 aromatic carbocycles. The molecule has 2 aliphatic heterocycles. The van der Waals surface area contributed by atoms with E-state index in [9.17, 15) is 8.42 Å². The molecule has 1 aromatic heterocycles. The fourth-order valence-corrected chi connectivity index (χ4v) is 5.92. The van der Waals surface area contributed by atoms with Crippen molar-refractivity contribution < 1.29 is 8.42 Å². The van der Waals surface area contributed by atoms with Crippen molar-refractivity contribution in [3.05, 3.63) is 30.1 Å². The van der Waals surface area contributed by atoms with Gasteiger partial charge in [0.25, 0.3) is 0 Å². The van der Waals surface area contributed by atoms with Crippen molar-refractivity contribution in [1.82, 2.24) is 9.99 Å². The number of sulfone groups is 1. The molecule has 2 fully saturated rings. The predicted molar refractivity (Wildman–Crippen MR) is 75.2 cm³/mol. The Labute approximate surface area is 115 Å². The molecular formula is C11H12N4O2S2. The van der Waals surface area contributed by atoms with Crippen LogP contribution in [0, 0.1) is 5.41 Å². The van der Waals surface area contributed by atoms with Crippen LogP contribution in [0.2, 0.25) is 0 Å². The first-order valence-corrected chi connectivity index (χ1v) is 8.44. The number of hydrogen-bond acceptors (Lipinski definition) is 6. The monoisotopic (exact) mass is 296 g/mol. The first kappa shape index (κ1) is 12.6. The maximum atomic E-state index is 11.6. The summed E-state index contributed by atoms with van der Waals surface area (Å²) in [6.07, 6.45) is 4.95. The summed E-state index contributed by atoms with van der Waals surface area (Å²) in [5, 5.41) is 13.9. The molecule has 100 valence electrons. The number of hydrogen-bond donors (Lipinski definition) is 1. The minimum Gasteiger partial charge on any atom is -0.277 e. The normalized spacial score (nSPS) is 29.1. The molecular weight excluding hydrogens is 284 g/mol. The summed E-state index contributed by atoms with van der Waals surface area (Å²) in [4.78, 5) is 3.91. The third-order valence-corrected chi connectivity index (χ3v) is 6.22. The van der Waals surface area contributed by atoms with Crippen LogP contribution in [0.25, 0.3) is 0 Å². The Hall–Kier alpha value is -1.41. The maximum absolute atomic E-state index is 11.6. The van der Waals surface area contributed by atoms with Crippen LogP contribution in [0.3, 0.4) is 0 Å². The molecule has 2 atom stereocenters. The molecule has 19 heavy (non-hydrogen) atoms. The van der Waals surface area contributed by atoms with Gasteiger partial charge in [-0.2, -0.15) is 5.10 Å². The number of rotatable bonds is 2. The number of thioether (sulfide) groups is 1. The van der Waals surface area contributed by atoms with Crippen LogP contribution in [-0.4, -0.2) is 52.6 Å². The van der Waals surface area contributed by atoms with Gasteiger partial charge >= 0.3 is 0 Å². The van der Waals surface area contributed by atoms with Crippen LogP contribution in [-0.2, 0) is 9.84 Å². The Bertz CT molecular complexity index is 629. The van der Waals surface area contributed by atoms with Gasteiger partial charge in [-0.15, -0.1) is 0 Å². The van der Waals surface area contributed by atoms with Crippen LogP contribution in [0.5, 0.6) is 0 Å². The van der Waals surface area contributed by atoms with Gasteiger partial charge in [-0.05, 0) is 17.7 Å². The number of pyridine rings is 1. The lowest BCUT2D eigenvalue weighted by atomic mass is 10.2. The number of nitrogens with zero attached hydrogens (tertiary/aromatic N) is 3. The summed E-state index contributed by atoms with van der Waals surface area (Å²) in [5.41, 5.74) is 0.872. The van der Waals surface area contributed by atoms with Crippen molar-refractivity contribution >= 4 is 33.0 Å². The highest BCUT2D eigenvalue weighted by molar-refractivity contribution is 8.15. The van der Waals surface area contributed by atoms with Crippen molar-refractivity contribution in [1.29, 1.82) is 5.41 Å². The molecule has 0 radical (unpaired) electrons.